The van der Waals surface area contributed by atoms with Crippen molar-refractivity contribution < 1.29 is 14.6 Å². The highest BCUT2D eigenvalue weighted by Gasteiger charge is 2.08. The van der Waals surface area contributed by atoms with Crippen LogP contribution in [0.25, 0.3) is 0 Å². The Labute approximate surface area is 123 Å². The average molecular weight is 281 g/mol. The van der Waals surface area contributed by atoms with E-state index in [-0.39, 0.29) is 12.5 Å². The number of nitrogens with one attached hydrogen (secondary N) is 1. The summed E-state index contributed by atoms with van der Waals surface area (Å²) in [4.78, 5) is 12.2. The van der Waals surface area contributed by atoms with Gasteiger partial charge in [-0.1, -0.05) is 30.0 Å². The van der Waals surface area contributed by atoms with Gasteiger partial charge in [0.2, 0.25) is 0 Å². The highest BCUT2D eigenvalue weighted by molar-refractivity contribution is 6.05. The van der Waals surface area contributed by atoms with Gasteiger partial charge in [0.05, 0.1) is 12.8 Å². The van der Waals surface area contributed by atoms with Crippen LogP contribution >= 0.6 is 0 Å². The Morgan fingerprint density at radius 3 is 2.81 bits per heavy atom. The van der Waals surface area contributed by atoms with Gasteiger partial charge >= 0.3 is 0 Å². The van der Waals surface area contributed by atoms with E-state index in [0.29, 0.717) is 22.6 Å². The summed E-state index contributed by atoms with van der Waals surface area (Å²) in [6, 6.07) is 14.1. The van der Waals surface area contributed by atoms with Gasteiger partial charge < -0.3 is 15.2 Å². The smallest absolute Gasteiger partial charge is 0.255 e. The Bertz CT molecular complexity index is 698. The number of benzene rings is 2. The molecule has 2 rings (SSSR count). The fraction of sp³-hybridized carbons (Fsp3) is 0.118. The first kappa shape index (κ1) is 14.6. The quantitative estimate of drug-likeness (QED) is 0.849. The predicted molar refractivity (Wildman–Crippen MR) is 81.4 cm³/mol. The third-order valence-electron chi connectivity index (χ3n) is 2.81. The van der Waals surface area contributed by atoms with Crippen LogP contribution in [0.4, 0.5) is 5.69 Å². The van der Waals surface area contributed by atoms with Gasteiger partial charge in [-0.05, 0) is 30.3 Å². The second-order valence-corrected chi connectivity index (χ2v) is 4.19. The number of anilines is 1. The van der Waals surface area contributed by atoms with Crippen LogP contribution in [0.15, 0.2) is 48.5 Å². The number of hydrogen-bond acceptors (Lipinski definition) is 3. The number of amides is 1. The lowest BCUT2D eigenvalue weighted by Crippen LogP contribution is -2.12. The average Bonchev–Trinajstić information content (AvgIpc) is 2.54. The van der Waals surface area contributed by atoms with E-state index in [9.17, 15) is 4.79 Å². The molecule has 0 atom stereocenters. The van der Waals surface area contributed by atoms with E-state index < -0.39 is 0 Å². The van der Waals surface area contributed by atoms with E-state index in [4.69, 9.17) is 9.84 Å². The van der Waals surface area contributed by atoms with Crippen LogP contribution in [0.5, 0.6) is 5.75 Å². The number of carbonyl (C=O) groups is 1. The summed E-state index contributed by atoms with van der Waals surface area (Å²) in [7, 11) is 1.55. The summed E-state index contributed by atoms with van der Waals surface area (Å²) in [5.41, 5.74) is 1.76. The molecule has 0 aliphatic carbocycles. The molecule has 0 unspecified atom stereocenters. The molecule has 0 heterocycles. The predicted octanol–water partition coefficient (Wildman–Crippen LogP) is 2.29. The van der Waals surface area contributed by atoms with Crippen molar-refractivity contribution in [2.24, 2.45) is 0 Å². The number of ether oxygens (including phenoxy) is 1. The van der Waals surface area contributed by atoms with Crippen molar-refractivity contribution in [2.75, 3.05) is 19.0 Å². The highest BCUT2D eigenvalue weighted by atomic mass is 16.5. The molecule has 21 heavy (non-hydrogen) atoms. The molecule has 0 fully saturated rings. The zero-order valence-corrected chi connectivity index (χ0v) is 11.6. The van der Waals surface area contributed by atoms with Crippen molar-refractivity contribution in [3.63, 3.8) is 0 Å². The van der Waals surface area contributed by atoms with Crippen molar-refractivity contribution in [1.29, 1.82) is 0 Å². The van der Waals surface area contributed by atoms with Gasteiger partial charge in [-0.2, -0.15) is 0 Å². The Morgan fingerprint density at radius 1 is 1.24 bits per heavy atom. The second-order valence-electron chi connectivity index (χ2n) is 4.19. The molecule has 0 radical (unpaired) electrons. The van der Waals surface area contributed by atoms with Gasteiger partial charge in [-0.3, -0.25) is 4.79 Å². The lowest BCUT2D eigenvalue weighted by atomic mass is 10.1. The molecule has 1 amide bonds. The third kappa shape index (κ3) is 3.85. The lowest BCUT2D eigenvalue weighted by Gasteiger charge is -2.08. The maximum atomic E-state index is 12.2. The Balaban J connectivity index is 2.23. The van der Waals surface area contributed by atoms with Crippen molar-refractivity contribution in [1.82, 2.24) is 0 Å². The summed E-state index contributed by atoms with van der Waals surface area (Å²) >= 11 is 0. The molecule has 0 saturated carbocycles. The zero-order valence-electron chi connectivity index (χ0n) is 11.6. The largest absolute Gasteiger partial charge is 0.497 e. The zero-order chi connectivity index (χ0) is 15.1. The van der Waals surface area contributed by atoms with E-state index in [0.717, 1.165) is 0 Å². The van der Waals surface area contributed by atoms with E-state index in [2.05, 4.69) is 17.2 Å². The number of aliphatic hydroxyl groups is 1. The van der Waals surface area contributed by atoms with Crippen molar-refractivity contribution in [3.8, 4) is 17.6 Å². The fourth-order valence-corrected chi connectivity index (χ4v) is 1.79. The Morgan fingerprint density at radius 2 is 2.05 bits per heavy atom. The normalized spacial score (nSPS) is 9.43. The number of carbonyl (C=O) groups excluding carboxylic acids is 1. The molecular formula is C17H15NO3. The van der Waals surface area contributed by atoms with Crippen molar-refractivity contribution in [2.45, 2.75) is 0 Å². The minimum Gasteiger partial charge on any atom is -0.497 e. The number of aliphatic hydroxyl groups excluding tert-OH is 1. The molecule has 0 aliphatic heterocycles. The van der Waals surface area contributed by atoms with E-state index in [1.165, 1.54) is 0 Å². The first-order valence-electron chi connectivity index (χ1n) is 6.38. The molecule has 0 bridgehead atoms. The summed E-state index contributed by atoms with van der Waals surface area (Å²) in [5, 5.41) is 11.6. The topological polar surface area (TPSA) is 58.6 Å². The molecular weight excluding hydrogens is 266 g/mol. The summed E-state index contributed by atoms with van der Waals surface area (Å²) in [5.74, 6) is 5.75. The van der Waals surface area contributed by atoms with Crippen LogP contribution in [-0.2, 0) is 0 Å². The van der Waals surface area contributed by atoms with Crippen LogP contribution in [0.1, 0.15) is 15.9 Å². The minimum atomic E-state index is -0.243. The monoisotopic (exact) mass is 281 g/mol. The van der Waals surface area contributed by atoms with Gasteiger partial charge in [0, 0.05) is 11.1 Å². The summed E-state index contributed by atoms with van der Waals surface area (Å²) < 4.78 is 5.10. The standard InChI is InChI=1S/C17H15NO3/c1-21-15-9-4-7-14(12-15)17(20)18-16-10-3-2-6-13(16)8-5-11-19/h2-4,6-7,9-10,12,19H,11H2,1H3,(H,18,20). The molecule has 0 spiro atoms. The van der Waals surface area contributed by atoms with E-state index in [1.807, 2.05) is 12.1 Å². The number of methoxy groups -OCH3 is 1. The number of rotatable bonds is 3. The number of para-hydroxylation sites is 1. The van der Waals surface area contributed by atoms with Gasteiger partial charge in [-0.15, -0.1) is 0 Å². The molecule has 0 saturated heterocycles. The summed E-state index contributed by atoms with van der Waals surface area (Å²) in [6.07, 6.45) is 0. The molecule has 2 aromatic carbocycles. The van der Waals surface area contributed by atoms with E-state index in [1.54, 1.807) is 43.5 Å². The molecule has 106 valence electrons. The maximum absolute atomic E-state index is 12.2. The van der Waals surface area contributed by atoms with Gasteiger partial charge in [0.25, 0.3) is 5.91 Å². The molecule has 2 N–H and O–H groups in total. The van der Waals surface area contributed by atoms with Crippen LogP contribution in [-0.4, -0.2) is 24.7 Å². The molecule has 0 aromatic heterocycles. The molecule has 4 nitrogen and oxygen atoms in total. The van der Waals surface area contributed by atoms with Crippen molar-refractivity contribution in [3.05, 3.63) is 59.7 Å². The van der Waals surface area contributed by atoms with Crippen molar-refractivity contribution >= 4 is 11.6 Å². The van der Waals surface area contributed by atoms with E-state index >= 15 is 0 Å². The van der Waals surface area contributed by atoms with Crippen LogP contribution in [0.2, 0.25) is 0 Å². The first-order chi connectivity index (χ1) is 10.2. The van der Waals surface area contributed by atoms with Crippen LogP contribution in [0.3, 0.4) is 0 Å². The molecule has 4 heteroatoms. The first-order valence-corrected chi connectivity index (χ1v) is 6.38. The molecule has 2 aromatic rings. The lowest BCUT2D eigenvalue weighted by molar-refractivity contribution is 0.102. The van der Waals surface area contributed by atoms with Gasteiger partial charge in [0.15, 0.2) is 0 Å². The Kier molecular flexibility index (Phi) is 4.97. The minimum absolute atomic E-state index is 0.224. The number of hydrogen-bond donors (Lipinski definition) is 2. The van der Waals surface area contributed by atoms with Gasteiger partial charge in [-0.25, -0.2) is 0 Å². The SMILES string of the molecule is COc1cccc(C(=O)Nc2ccccc2C#CCO)c1. The fourth-order valence-electron chi connectivity index (χ4n) is 1.79. The van der Waals surface area contributed by atoms with Crippen LogP contribution in [0, 0.1) is 11.8 Å². The Hall–Kier alpha value is -2.77. The second kappa shape index (κ2) is 7.13. The highest BCUT2D eigenvalue weighted by Crippen LogP contribution is 2.17. The molecule has 0 aliphatic rings. The van der Waals surface area contributed by atoms with Crippen LogP contribution < -0.4 is 10.1 Å². The van der Waals surface area contributed by atoms with Gasteiger partial charge in [0.1, 0.15) is 12.4 Å². The maximum Gasteiger partial charge on any atom is 0.255 e. The summed E-state index contributed by atoms with van der Waals surface area (Å²) in [6.45, 7) is -0.224. The third-order valence-corrected chi connectivity index (χ3v) is 2.81.